The van der Waals surface area contributed by atoms with Crippen molar-refractivity contribution in [3.63, 3.8) is 0 Å². The van der Waals surface area contributed by atoms with Gasteiger partial charge in [-0.3, -0.25) is 4.79 Å². The molecule has 8 nitrogen and oxygen atoms in total. The molecule has 9 heteroatoms. The number of rotatable bonds is 29. The summed E-state index contributed by atoms with van der Waals surface area (Å²) in [6, 6.07) is -0.587. The van der Waals surface area contributed by atoms with Gasteiger partial charge in [0.05, 0.1) is 26.4 Å². The van der Waals surface area contributed by atoms with Gasteiger partial charge >= 0.3 is 0 Å². The quantitative estimate of drug-likeness (QED) is 0.0501. The van der Waals surface area contributed by atoms with E-state index in [-0.39, 0.29) is 24.9 Å². The minimum atomic E-state index is -0.587. The van der Waals surface area contributed by atoms with Gasteiger partial charge in [0.1, 0.15) is 33.0 Å². The second kappa shape index (κ2) is 37.7. The largest absolute Gasteiger partial charge is 0.382 e. The molecule has 4 atom stereocenters. The summed E-state index contributed by atoms with van der Waals surface area (Å²) >= 11 is 0. The first-order chi connectivity index (χ1) is 22.0. The highest BCUT2D eigenvalue weighted by Crippen LogP contribution is 2.25. The summed E-state index contributed by atoms with van der Waals surface area (Å²) in [5.41, 5.74) is 0. The molecule has 0 bridgehead atoms. The van der Waals surface area contributed by atoms with E-state index in [2.05, 4.69) is 26.1 Å². The Balaban J connectivity index is 0. The van der Waals surface area contributed by atoms with Crippen molar-refractivity contribution in [3.05, 3.63) is 0 Å². The third-order valence-electron chi connectivity index (χ3n) is 7.70. The molecular weight excluding hydrogens is 569 g/mol. The Morgan fingerprint density at radius 1 is 0.689 bits per heavy atom. The standard InChI is InChI=1S/C17H32BNO7.C17H36.C2H6/c1-4-5-6-14(20)19-7-8-23-9-10-24-12-25-16-15(22-3)13(11-21-2)26-17(16)18;1-3-5-7-9-11-13-15-17-16-14-12-10-8-6-4-2;1-2/h13,15-17H,4-12H2,1-3H3,(H,19,20);3-17H2,1-2H3;1-2H3. The van der Waals surface area contributed by atoms with Crippen LogP contribution in [0.1, 0.15) is 150 Å². The van der Waals surface area contributed by atoms with Gasteiger partial charge in [0, 0.05) is 33.2 Å². The van der Waals surface area contributed by atoms with Gasteiger partial charge in [-0.1, -0.05) is 137 Å². The van der Waals surface area contributed by atoms with Gasteiger partial charge in [-0.05, 0) is 6.42 Å². The molecule has 268 valence electrons. The predicted molar refractivity (Wildman–Crippen MR) is 188 cm³/mol. The highest BCUT2D eigenvalue weighted by molar-refractivity contribution is 6.11. The minimum Gasteiger partial charge on any atom is -0.382 e. The molecule has 1 heterocycles. The maximum absolute atomic E-state index is 11.4. The van der Waals surface area contributed by atoms with E-state index >= 15 is 0 Å². The van der Waals surface area contributed by atoms with E-state index in [1.165, 1.54) is 96.3 Å². The first kappa shape index (κ1) is 46.4. The molecular formula is C36H74BNO7. The number of carbonyl (C=O) groups excluding carboxylic acids is 1. The maximum atomic E-state index is 11.4. The van der Waals surface area contributed by atoms with Crippen LogP contribution in [0.3, 0.4) is 0 Å². The molecule has 45 heavy (non-hydrogen) atoms. The van der Waals surface area contributed by atoms with Crippen LogP contribution < -0.4 is 5.32 Å². The highest BCUT2D eigenvalue weighted by atomic mass is 16.7. The van der Waals surface area contributed by atoms with Crippen LogP contribution in [0.5, 0.6) is 0 Å². The van der Waals surface area contributed by atoms with Crippen LogP contribution in [-0.2, 0) is 33.2 Å². The average molecular weight is 644 g/mol. The van der Waals surface area contributed by atoms with E-state index in [1.807, 2.05) is 13.8 Å². The molecule has 1 aliphatic heterocycles. The minimum absolute atomic E-state index is 0.0645. The van der Waals surface area contributed by atoms with E-state index in [1.54, 1.807) is 14.2 Å². The number of nitrogens with one attached hydrogen (secondary N) is 1. The fourth-order valence-electron chi connectivity index (χ4n) is 5.07. The Bertz CT molecular complexity index is 574. The van der Waals surface area contributed by atoms with E-state index < -0.39 is 12.1 Å². The molecule has 0 spiro atoms. The van der Waals surface area contributed by atoms with Crippen LogP contribution in [0.4, 0.5) is 0 Å². The van der Waals surface area contributed by atoms with Crippen LogP contribution in [0.2, 0.25) is 0 Å². The second-order valence-electron chi connectivity index (χ2n) is 11.6. The zero-order valence-corrected chi connectivity index (χ0v) is 30.7. The summed E-state index contributed by atoms with van der Waals surface area (Å²) in [6.45, 7) is 12.8. The maximum Gasteiger partial charge on any atom is 0.220 e. The topological polar surface area (TPSA) is 84.5 Å². The monoisotopic (exact) mass is 644 g/mol. The predicted octanol–water partition coefficient (Wildman–Crippen LogP) is 8.13. The molecule has 1 fully saturated rings. The molecule has 1 rings (SSSR count). The van der Waals surface area contributed by atoms with Crippen molar-refractivity contribution < 1.29 is 33.2 Å². The Morgan fingerprint density at radius 2 is 1.18 bits per heavy atom. The first-order valence-electron chi connectivity index (χ1n) is 18.5. The summed E-state index contributed by atoms with van der Waals surface area (Å²) in [5, 5.41) is 2.81. The molecule has 0 aromatic heterocycles. The van der Waals surface area contributed by atoms with Crippen molar-refractivity contribution in [1.29, 1.82) is 0 Å². The lowest BCUT2D eigenvalue weighted by molar-refractivity contribution is -0.130. The lowest BCUT2D eigenvalue weighted by Gasteiger charge is -2.22. The van der Waals surface area contributed by atoms with E-state index in [4.69, 9.17) is 36.3 Å². The number of hydrogen-bond acceptors (Lipinski definition) is 7. The fourth-order valence-corrected chi connectivity index (χ4v) is 5.07. The fraction of sp³-hybridized carbons (Fsp3) is 0.972. The summed E-state index contributed by atoms with van der Waals surface area (Å²) in [4.78, 5) is 11.4. The van der Waals surface area contributed by atoms with Crippen LogP contribution in [0.25, 0.3) is 0 Å². The van der Waals surface area contributed by atoms with Gasteiger partial charge in [0.15, 0.2) is 0 Å². The van der Waals surface area contributed by atoms with Gasteiger partial charge < -0.3 is 33.7 Å². The van der Waals surface area contributed by atoms with Gasteiger partial charge in [-0.15, -0.1) is 0 Å². The first-order valence-corrected chi connectivity index (χ1v) is 18.5. The molecule has 1 N–H and O–H groups in total. The van der Waals surface area contributed by atoms with Crippen molar-refractivity contribution in [2.75, 3.05) is 54.0 Å². The third-order valence-corrected chi connectivity index (χ3v) is 7.70. The second-order valence-corrected chi connectivity index (χ2v) is 11.6. The summed E-state index contributed by atoms with van der Waals surface area (Å²) in [5.74, 6) is 0.0645. The van der Waals surface area contributed by atoms with Crippen LogP contribution >= 0.6 is 0 Å². The molecule has 4 unspecified atom stereocenters. The van der Waals surface area contributed by atoms with Crippen LogP contribution in [-0.4, -0.2) is 92.1 Å². The number of unbranched alkanes of at least 4 members (excludes halogenated alkanes) is 15. The van der Waals surface area contributed by atoms with Crippen molar-refractivity contribution in [2.24, 2.45) is 0 Å². The lowest BCUT2D eigenvalue weighted by Crippen LogP contribution is -2.39. The Morgan fingerprint density at radius 3 is 1.64 bits per heavy atom. The number of amides is 1. The molecule has 1 saturated heterocycles. The van der Waals surface area contributed by atoms with Gasteiger partial charge in [-0.2, -0.15) is 0 Å². The molecule has 0 aromatic carbocycles. The van der Waals surface area contributed by atoms with E-state index in [0.29, 0.717) is 39.4 Å². The van der Waals surface area contributed by atoms with Crippen molar-refractivity contribution in [2.45, 2.75) is 175 Å². The number of methoxy groups -OCH3 is 2. The summed E-state index contributed by atoms with van der Waals surface area (Å²) in [6.07, 6.45) is 23.4. The SMILES string of the molecule is CC.CCCCCCCCCCCCCCCCC.[B]C1OC(COC)C(OC)C1OCOCCOCCNC(=O)CCCC. The molecule has 1 aliphatic rings. The van der Waals surface area contributed by atoms with Gasteiger partial charge in [-0.25, -0.2) is 0 Å². The zero-order chi connectivity index (χ0) is 33.8. The summed E-state index contributed by atoms with van der Waals surface area (Å²) < 4.78 is 32.5. The zero-order valence-electron chi connectivity index (χ0n) is 30.7. The van der Waals surface area contributed by atoms with Crippen molar-refractivity contribution in [3.8, 4) is 0 Å². The normalized spacial score (nSPS) is 19.0. The van der Waals surface area contributed by atoms with E-state index in [9.17, 15) is 4.79 Å². The average Bonchev–Trinajstić information content (AvgIpc) is 3.36. The van der Waals surface area contributed by atoms with Crippen molar-refractivity contribution in [1.82, 2.24) is 5.32 Å². The van der Waals surface area contributed by atoms with Crippen LogP contribution in [0, 0.1) is 0 Å². The van der Waals surface area contributed by atoms with Crippen LogP contribution in [0.15, 0.2) is 0 Å². The van der Waals surface area contributed by atoms with Gasteiger partial charge in [0.25, 0.3) is 0 Å². The summed E-state index contributed by atoms with van der Waals surface area (Å²) in [7, 11) is 9.10. The van der Waals surface area contributed by atoms with Gasteiger partial charge in [0.2, 0.25) is 5.91 Å². The highest BCUT2D eigenvalue weighted by Gasteiger charge is 2.43. The molecule has 0 aromatic rings. The molecule has 1 amide bonds. The molecule has 0 aliphatic carbocycles. The lowest BCUT2D eigenvalue weighted by atomic mass is 9.93. The number of carbonyl (C=O) groups is 1. The van der Waals surface area contributed by atoms with E-state index in [0.717, 1.165) is 12.8 Å². The molecule has 2 radical (unpaired) electrons. The Labute approximate surface area is 280 Å². The Hall–Kier alpha value is -0.705. The smallest absolute Gasteiger partial charge is 0.220 e. The number of hydrogen-bond donors (Lipinski definition) is 1. The third kappa shape index (κ3) is 29.2. The van der Waals surface area contributed by atoms with Crippen molar-refractivity contribution >= 4 is 13.8 Å². The molecule has 0 saturated carbocycles. The number of ether oxygens (including phenoxy) is 6. The Kier molecular flexibility index (Phi) is 38.9.